The number of hydrogen-bond donors (Lipinski definition) is 0. The van der Waals surface area contributed by atoms with Crippen molar-refractivity contribution < 1.29 is 14.2 Å². The summed E-state index contributed by atoms with van der Waals surface area (Å²) in [7, 11) is 1.65. The molecule has 0 amide bonds. The first kappa shape index (κ1) is 17.9. The van der Waals surface area contributed by atoms with Crippen molar-refractivity contribution in [3.63, 3.8) is 0 Å². The molecule has 0 saturated heterocycles. The fraction of sp³-hybridized carbons (Fsp3) is 0.217. The Bertz CT molecular complexity index is 800. The normalized spacial score (nSPS) is 11.6. The van der Waals surface area contributed by atoms with E-state index >= 15 is 0 Å². The first-order valence-corrected chi connectivity index (χ1v) is 8.86. The Balaban J connectivity index is 1.72. The molecule has 26 heavy (non-hydrogen) atoms. The molecule has 0 aliphatic carbocycles. The topological polar surface area (TPSA) is 27.7 Å². The maximum atomic E-state index is 6.21. The molecule has 0 aliphatic heterocycles. The van der Waals surface area contributed by atoms with Gasteiger partial charge in [0, 0.05) is 6.07 Å². The minimum absolute atomic E-state index is 0.0128. The van der Waals surface area contributed by atoms with Crippen LogP contribution < -0.4 is 14.2 Å². The molecule has 3 aromatic carbocycles. The van der Waals surface area contributed by atoms with E-state index < -0.39 is 0 Å². The number of ether oxygens (including phenoxy) is 3. The molecule has 0 aliphatic rings. The van der Waals surface area contributed by atoms with Gasteiger partial charge in [0.05, 0.1) is 7.11 Å². The third-order valence-corrected chi connectivity index (χ3v) is 4.19. The van der Waals surface area contributed by atoms with Gasteiger partial charge in [0.25, 0.3) is 0 Å². The fourth-order valence-electron chi connectivity index (χ4n) is 2.78. The van der Waals surface area contributed by atoms with Gasteiger partial charge in [0.2, 0.25) is 0 Å². The molecule has 1 unspecified atom stereocenters. The Morgan fingerprint density at radius 1 is 0.808 bits per heavy atom. The predicted octanol–water partition coefficient (Wildman–Crippen LogP) is 5.80. The zero-order chi connectivity index (χ0) is 18.2. The predicted molar refractivity (Wildman–Crippen MR) is 104 cm³/mol. The molecule has 3 heteroatoms. The zero-order valence-electron chi connectivity index (χ0n) is 15.2. The van der Waals surface area contributed by atoms with Crippen LogP contribution in [0.2, 0.25) is 0 Å². The third-order valence-electron chi connectivity index (χ3n) is 4.19. The number of hydrogen-bond acceptors (Lipinski definition) is 3. The van der Waals surface area contributed by atoms with Crippen LogP contribution in [0.5, 0.6) is 17.2 Å². The lowest BCUT2D eigenvalue weighted by Gasteiger charge is -2.20. The highest BCUT2D eigenvalue weighted by atomic mass is 16.5. The minimum atomic E-state index is -0.0128. The van der Waals surface area contributed by atoms with E-state index in [0.29, 0.717) is 12.4 Å². The van der Waals surface area contributed by atoms with E-state index in [4.69, 9.17) is 14.2 Å². The van der Waals surface area contributed by atoms with Crippen molar-refractivity contribution in [2.75, 3.05) is 7.11 Å². The highest BCUT2D eigenvalue weighted by molar-refractivity contribution is 5.46. The lowest BCUT2D eigenvalue weighted by molar-refractivity contribution is 0.192. The molecular weight excluding hydrogens is 324 g/mol. The largest absolute Gasteiger partial charge is 0.493 e. The van der Waals surface area contributed by atoms with Gasteiger partial charge >= 0.3 is 0 Å². The van der Waals surface area contributed by atoms with Crippen molar-refractivity contribution >= 4 is 0 Å². The van der Waals surface area contributed by atoms with Crippen LogP contribution in [0.25, 0.3) is 0 Å². The Labute approximate surface area is 155 Å². The van der Waals surface area contributed by atoms with E-state index in [0.717, 1.165) is 29.0 Å². The molecule has 0 heterocycles. The van der Waals surface area contributed by atoms with Crippen LogP contribution in [0.15, 0.2) is 78.9 Å². The molecule has 134 valence electrons. The Morgan fingerprint density at radius 2 is 1.50 bits per heavy atom. The van der Waals surface area contributed by atoms with Gasteiger partial charge in [-0.1, -0.05) is 67.6 Å². The summed E-state index contributed by atoms with van der Waals surface area (Å²) in [6.45, 7) is 2.63. The molecule has 3 aromatic rings. The molecule has 0 bridgehead atoms. The molecule has 0 fully saturated rings. The van der Waals surface area contributed by atoms with Crippen molar-refractivity contribution in [2.24, 2.45) is 0 Å². The zero-order valence-corrected chi connectivity index (χ0v) is 15.2. The van der Waals surface area contributed by atoms with Crippen LogP contribution in [0.3, 0.4) is 0 Å². The summed E-state index contributed by atoms with van der Waals surface area (Å²) in [4.78, 5) is 0. The van der Waals surface area contributed by atoms with Crippen LogP contribution >= 0.6 is 0 Å². The molecule has 0 saturated carbocycles. The summed E-state index contributed by atoms with van der Waals surface area (Å²) in [6, 6.07) is 26.0. The molecule has 0 spiro atoms. The highest BCUT2D eigenvalue weighted by Crippen LogP contribution is 2.35. The number of methoxy groups -OCH3 is 1. The van der Waals surface area contributed by atoms with Crippen molar-refractivity contribution in [2.45, 2.75) is 26.1 Å². The smallest absolute Gasteiger partial charge is 0.164 e. The molecule has 0 N–H and O–H groups in total. The second kappa shape index (κ2) is 8.95. The van der Waals surface area contributed by atoms with E-state index in [-0.39, 0.29) is 6.10 Å². The first-order valence-electron chi connectivity index (χ1n) is 8.86. The van der Waals surface area contributed by atoms with Crippen molar-refractivity contribution in [1.82, 2.24) is 0 Å². The van der Waals surface area contributed by atoms with Crippen LogP contribution in [-0.2, 0) is 6.61 Å². The molecule has 1 atom stereocenters. The second-order valence-corrected chi connectivity index (χ2v) is 6.01. The molecule has 3 rings (SSSR count). The summed E-state index contributed by atoms with van der Waals surface area (Å²) < 4.78 is 17.6. The monoisotopic (exact) mass is 348 g/mol. The maximum Gasteiger partial charge on any atom is 0.164 e. The van der Waals surface area contributed by atoms with Crippen molar-refractivity contribution in [3.8, 4) is 17.2 Å². The Kier molecular flexibility index (Phi) is 6.15. The van der Waals surface area contributed by atoms with Gasteiger partial charge in [-0.2, -0.15) is 0 Å². The number of benzene rings is 3. The molecule has 0 aromatic heterocycles. The quantitative estimate of drug-likeness (QED) is 0.514. The van der Waals surface area contributed by atoms with Gasteiger partial charge in [0.1, 0.15) is 18.5 Å². The summed E-state index contributed by atoms with van der Waals surface area (Å²) >= 11 is 0. The van der Waals surface area contributed by atoms with Crippen LogP contribution in [-0.4, -0.2) is 7.11 Å². The average molecular weight is 348 g/mol. The molecule has 3 nitrogen and oxygen atoms in total. The lowest BCUT2D eigenvalue weighted by atomic mass is 10.1. The van der Waals surface area contributed by atoms with Crippen LogP contribution in [0.1, 0.15) is 30.6 Å². The van der Waals surface area contributed by atoms with Gasteiger partial charge in [-0.15, -0.1) is 0 Å². The SMILES string of the molecule is CCC(Oc1ccc(OCc2ccccc2)cc1OC)c1ccccc1. The average Bonchev–Trinajstić information content (AvgIpc) is 2.72. The summed E-state index contributed by atoms with van der Waals surface area (Å²) in [5.74, 6) is 2.14. The number of rotatable bonds is 8. The van der Waals surface area contributed by atoms with Gasteiger partial charge in [0.15, 0.2) is 11.5 Å². The minimum Gasteiger partial charge on any atom is -0.493 e. The second-order valence-electron chi connectivity index (χ2n) is 6.01. The van der Waals surface area contributed by atoms with E-state index in [9.17, 15) is 0 Å². The van der Waals surface area contributed by atoms with Crippen molar-refractivity contribution in [3.05, 3.63) is 90.0 Å². The van der Waals surface area contributed by atoms with E-state index in [1.165, 1.54) is 0 Å². The lowest BCUT2D eigenvalue weighted by Crippen LogP contribution is -2.07. The Hall–Kier alpha value is -2.94. The molecule has 0 radical (unpaired) electrons. The summed E-state index contributed by atoms with van der Waals surface area (Å²) in [5, 5.41) is 0. The van der Waals surface area contributed by atoms with Crippen LogP contribution in [0, 0.1) is 0 Å². The maximum absolute atomic E-state index is 6.21. The molecular formula is C23H24O3. The van der Waals surface area contributed by atoms with Crippen molar-refractivity contribution in [1.29, 1.82) is 0 Å². The third kappa shape index (κ3) is 4.57. The van der Waals surface area contributed by atoms with Gasteiger partial charge in [-0.3, -0.25) is 0 Å². The van der Waals surface area contributed by atoms with E-state index in [2.05, 4.69) is 19.1 Å². The summed E-state index contributed by atoms with van der Waals surface area (Å²) in [6.07, 6.45) is 0.862. The van der Waals surface area contributed by atoms with E-state index in [1.807, 2.05) is 66.7 Å². The first-order chi connectivity index (χ1) is 12.8. The Morgan fingerprint density at radius 3 is 2.15 bits per heavy atom. The fourth-order valence-corrected chi connectivity index (χ4v) is 2.78. The summed E-state index contributed by atoms with van der Waals surface area (Å²) in [5.41, 5.74) is 2.28. The van der Waals surface area contributed by atoms with Gasteiger partial charge in [-0.25, -0.2) is 0 Å². The standard InChI is InChI=1S/C23H24O3/c1-3-21(19-12-8-5-9-13-19)26-22-15-14-20(16-23(22)24-2)25-17-18-10-6-4-7-11-18/h4-16,21H,3,17H2,1-2H3. The van der Waals surface area contributed by atoms with E-state index in [1.54, 1.807) is 7.11 Å². The highest BCUT2D eigenvalue weighted by Gasteiger charge is 2.14. The van der Waals surface area contributed by atoms with Gasteiger partial charge < -0.3 is 14.2 Å². The van der Waals surface area contributed by atoms with Crippen LogP contribution in [0.4, 0.5) is 0 Å². The van der Waals surface area contributed by atoms with Gasteiger partial charge in [-0.05, 0) is 29.7 Å².